The molecule has 0 fully saturated rings. The first-order valence-electron chi connectivity index (χ1n) is 7.42. The van der Waals surface area contributed by atoms with Gasteiger partial charge in [0.1, 0.15) is 5.75 Å². The van der Waals surface area contributed by atoms with E-state index in [0.29, 0.717) is 24.6 Å². The number of anilines is 1. The highest BCUT2D eigenvalue weighted by Gasteiger charge is 2.07. The molecule has 118 valence electrons. The number of carbonyl (C=O) groups is 1. The van der Waals surface area contributed by atoms with Crippen LogP contribution in [-0.2, 0) is 0 Å². The van der Waals surface area contributed by atoms with E-state index in [-0.39, 0.29) is 18.7 Å². The summed E-state index contributed by atoms with van der Waals surface area (Å²) >= 11 is 0. The number of aliphatic hydroxyl groups is 1. The Kier molecular flexibility index (Phi) is 7.61. The second-order valence-corrected chi connectivity index (χ2v) is 5.60. The Balaban J connectivity index is 2.46. The van der Waals surface area contributed by atoms with E-state index in [1.54, 1.807) is 6.07 Å². The summed E-state index contributed by atoms with van der Waals surface area (Å²) in [5.74, 6) is 1.20. The molecule has 1 aromatic carbocycles. The number of hydrogen-bond donors (Lipinski definition) is 3. The number of ether oxygens (including phenoxy) is 1. The van der Waals surface area contributed by atoms with Gasteiger partial charge >= 0.3 is 6.03 Å². The first kappa shape index (κ1) is 17.3. The van der Waals surface area contributed by atoms with Crippen LogP contribution in [0.15, 0.2) is 24.3 Å². The molecular weight excluding hydrogens is 268 g/mol. The zero-order valence-corrected chi connectivity index (χ0v) is 13.1. The molecule has 0 heterocycles. The summed E-state index contributed by atoms with van der Waals surface area (Å²) in [6.07, 6.45) is 1.43. The van der Waals surface area contributed by atoms with Crippen LogP contribution in [-0.4, -0.2) is 30.4 Å². The molecule has 1 aromatic rings. The highest BCUT2D eigenvalue weighted by atomic mass is 16.5. The third-order valence-electron chi connectivity index (χ3n) is 2.85. The molecule has 0 bridgehead atoms. The maximum Gasteiger partial charge on any atom is 0.319 e. The Morgan fingerprint density at radius 3 is 2.76 bits per heavy atom. The zero-order valence-electron chi connectivity index (χ0n) is 13.1. The SMILES string of the molecule is CC(C)COc1cccc(NC(=O)NC(C)CCCO)c1. The van der Waals surface area contributed by atoms with Crippen LogP contribution in [0, 0.1) is 5.92 Å². The number of aliphatic hydroxyl groups excluding tert-OH is 1. The van der Waals surface area contributed by atoms with Crippen LogP contribution in [0.2, 0.25) is 0 Å². The summed E-state index contributed by atoms with van der Waals surface area (Å²) in [5.41, 5.74) is 0.697. The van der Waals surface area contributed by atoms with Gasteiger partial charge in [-0.3, -0.25) is 0 Å². The molecule has 0 aromatic heterocycles. The minimum Gasteiger partial charge on any atom is -0.493 e. The van der Waals surface area contributed by atoms with E-state index in [1.165, 1.54) is 0 Å². The van der Waals surface area contributed by atoms with Crippen molar-refractivity contribution in [2.24, 2.45) is 5.92 Å². The third-order valence-corrected chi connectivity index (χ3v) is 2.85. The van der Waals surface area contributed by atoms with Crippen molar-refractivity contribution in [2.75, 3.05) is 18.5 Å². The van der Waals surface area contributed by atoms with Crippen molar-refractivity contribution in [1.29, 1.82) is 0 Å². The molecule has 3 N–H and O–H groups in total. The van der Waals surface area contributed by atoms with Crippen LogP contribution in [0.3, 0.4) is 0 Å². The Morgan fingerprint density at radius 1 is 1.33 bits per heavy atom. The van der Waals surface area contributed by atoms with Gasteiger partial charge in [-0.05, 0) is 37.8 Å². The number of carbonyl (C=O) groups excluding carboxylic acids is 1. The van der Waals surface area contributed by atoms with Crippen LogP contribution >= 0.6 is 0 Å². The minimum absolute atomic E-state index is 0.0255. The van der Waals surface area contributed by atoms with Crippen LogP contribution in [0.4, 0.5) is 10.5 Å². The van der Waals surface area contributed by atoms with Crippen molar-refractivity contribution in [3.8, 4) is 5.75 Å². The van der Waals surface area contributed by atoms with Crippen molar-refractivity contribution in [2.45, 2.75) is 39.7 Å². The number of benzene rings is 1. The van der Waals surface area contributed by atoms with Crippen LogP contribution in [0.5, 0.6) is 5.75 Å². The largest absolute Gasteiger partial charge is 0.493 e. The maximum atomic E-state index is 11.8. The molecule has 5 nitrogen and oxygen atoms in total. The molecular formula is C16H26N2O3. The monoisotopic (exact) mass is 294 g/mol. The summed E-state index contributed by atoms with van der Waals surface area (Å²) in [5, 5.41) is 14.4. The van der Waals surface area contributed by atoms with Crippen molar-refractivity contribution >= 4 is 11.7 Å². The van der Waals surface area contributed by atoms with Crippen molar-refractivity contribution in [3.05, 3.63) is 24.3 Å². The first-order valence-corrected chi connectivity index (χ1v) is 7.42. The molecule has 0 radical (unpaired) electrons. The number of rotatable bonds is 8. The van der Waals surface area contributed by atoms with Gasteiger partial charge < -0.3 is 20.5 Å². The van der Waals surface area contributed by atoms with Gasteiger partial charge in [-0.1, -0.05) is 19.9 Å². The molecule has 21 heavy (non-hydrogen) atoms. The molecule has 0 saturated heterocycles. The highest BCUT2D eigenvalue weighted by molar-refractivity contribution is 5.89. The summed E-state index contributed by atoms with van der Waals surface area (Å²) in [6.45, 7) is 6.88. The fraction of sp³-hybridized carbons (Fsp3) is 0.562. The fourth-order valence-electron chi connectivity index (χ4n) is 1.79. The summed E-state index contributed by atoms with van der Waals surface area (Å²) in [6, 6.07) is 7.12. The Hall–Kier alpha value is -1.75. The standard InChI is InChI=1S/C16H26N2O3/c1-12(2)11-21-15-8-4-7-14(10-15)18-16(20)17-13(3)6-5-9-19/h4,7-8,10,12-13,19H,5-6,9,11H2,1-3H3,(H2,17,18,20). The molecule has 0 aliphatic heterocycles. The van der Waals surface area contributed by atoms with Gasteiger partial charge in [0.05, 0.1) is 6.61 Å². The van der Waals surface area contributed by atoms with E-state index in [1.807, 2.05) is 25.1 Å². The lowest BCUT2D eigenvalue weighted by Crippen LogP contribution is -2.36. The number of amides is 2. The van der Waals surface area contributed by atoms with Gasteiger partial charge in [0, 0.05) is 24.4 Å². The lowest BCUT2D eigenvalue weighted by Gasteiger charge is -2.15. The minimum atomic E-state index is -0.249. The van der Waals surface area contributed by atoms with E-state index in [2.05, 4.69) is 24.5 Å². The van der Waals surface area contributed by atoms with Crippen molar-refractivity contribution in [3.63, 3.8) is 0 Å². The molecule has 1 rings (SSSR count). The van der Waals surface area contributed by atoms with E-state index < -0.39 is 0 Å². The van der Waals surface area contributed by atoms with Gasteiger partial charge in [0.15, 0.2) is 0 Å². The van der Waals surface area contributed by atoms with Gasteiger partial charge in [-0.25, -0.2) is 4.79 Å². The first-order chi connectivity index (χ1) is 10.0. The number of urea groups is 1. The molecule has 5 heteroatoms. The maximum absolute atomic E-state index is 11.8. The molecule has 1 atom stereocenters. The molecule has 0 spiro atoms. The Morgan fingerprint density at radius 2 is 2.10 bits per heavy atom. The second kappa shape index (κ2) is 9.23. The summed E-state index contributed by atoms with van der Waals surface area (Å²) in [4.78, 5) is 11.8. The van der Waals surface area contributed by atoms with Gasteiger partial charge in [-0.2, -0.15) is 0 Å². The Labute approximate surface area is 126 Å². The van der Waals surface area contributed by atoms with Gasteiger partial charge in [0.25, 0.3) is 0 Å². The average molecular weight is 294 g/mol. The normalized spacial score (nSPS) is 12.0. The van der Waals surface area contributed by atoms with E-state index in [9.17, 15) is 4.79 Å². The molecule has 1 unspecified atom stereocenters. The van der Waals surface area contributed by atoms with Gasteiger partial charge in [-0.15, -0.1) is 0 Å². The number of nitrogens with one attached hydrogen (secondary N) is 2. The topological polar surface area (TPSA) is 70.6 Å². The smallest absolute Gasteiger partial charge is 0.319 e. The predicted molar refractivity (Wildman–Crippen MR) is 84.7 cm³/mol. The Bertz CT molecular complexity index is 435. The van der Waals surface area contributed by atoms with Crippen LogP contribution < -0.4 is 15.4 Å². The summed E-state index contributed by atoms with van der Waals surface area (Å²) < 4.78 is 5.62. The molecule has 0 aliphatic carbocycles. The zero-order chi connectivity index (χ0) is 15.7. The highest BCUT2D eigenvalue weighted by Crippen LogP contribution is 2.18. The molecule has 0 saturated carbocycles. The lowest BCUT2D eigenvalue weighted by molar-refractivity contribution is 0.245. The number of hydrogen-bond acceptors (Lipinski definition) is 3. The fourth-order valence-corrected chi connectivity index (χ4v) is 1.79. The van der Waals surface area contributed by atoms with Crippen molar-refractivity contribution < 1.29 is 14.6 Å². The molecule has 0 aliphatic rings. The van der Waals surface area contributed by atoms with Gasteiger partial charge in [0.2, 0.25) is 0 Å². The predicted octanol–water partition coefficient (Wildman–Crippen LogP) is 3.00. The summed E-state index contributed by atoms with van der Waals surface area (Å²) in [7, 11) is 0. The van der Waals surface area contributed by atoms with Crippen LogP contribution in [0.25, 0.3) is 0 Å². The average Bonchev–Trinajstić information content (AvgIpc) is 2.43. The lowest BCUT2D eigenvalue weighted by atomic mass is 10.2. The van der Waals surface area contributed by atoms with E-state index in [0.717, 1.165) is 12.2 Å². The van der Waals surface area contributed by atoms with E-state index >= 15 is 0 Å². The molecule has 2 amide bonds. The third kappa shape index (κ3) is 7.56. The van der Waals surface area contributed by atoms with Crippen LogP contribution in [0.1, 0.15) is 33.6 Å². The van der Waals surface area contributed by atoms with E-state index in [4.69, 9.17) is 9.84 Å². The second-order valence-electron chi connectivity index (χ2n) is 5.60. The quantitative estimate of drug-likeness (QED) is 0.690. The van der Waals surface area contributed by atoms with Crippen molar-refractivity contribution in [1.82, 2.24) is 5.32 Å².